The average molecular weight is 1090 g/mol. The van der Waals surface area contributed by atoms with Gasteiger partial charge in [0.2, 0.25) is 0 Å². The molecule has 434 valence electrons. The first kappa shape index (κ1) is 65.0. The lowest BCUT2D eigenvalue weighted by Gasteiger charge is -2.51. The van der Waals surface area contributed by atoms with Crippen molar-refractivity contribution in [2.75, 3.05) is 55.1 Å². The Morgan fingerprint density at radius 2 is 1.65 bits per heavy atom. The van der Waals surface area contributed by atoms with E-state index in [4.69, 9.17) is 28.4 Å². The molecule has 0 bridgehead atoms. The Morgan fingerprint density at radius 3 is 2.21 bits per heavy atom. The van der Waals surface area contributed by atoms with Gasteiger partial charge in [-0.05, 0) is 111 Å². The van der Waals surface area contributed by atoms with Crippen LogP contribution in [-0.4, -0.2) is 178 Å². The fourth-order valence-electron chi connectivity index (χ4n) is 12.4. The molecule has 3 heterocycles. The molecule has 75 heavy (non-hydrogen) atoms. The van der Waals surface area contributed by atoms with Crippen molar-refractivity contribution in [3.8, 4) is 0 Å². The molecule has 18 atom stereocenters. The first-order chi connectivity index (χ1) is 34.9. The summed E-state index contributed by atoms with van der Waals surface area (Å²) in [6.45, 7) is 25.0. The summed E-state index contributed by atoms with van der Waals surface area (Å²) in [5.41, 5.74) is 3.31. The summed E-state index contributed by atoms with van der Waals surface area (Å²) in [5.74, 6) is -2.42. The Hall–Kier alpha value is -2.53. The van der Waals surface area contributed by atoms with Crippen LogP contribution >= 0.6 is 0 Å². The van der Waals surface area contributed by atoms with Gasteiger partial charge in [-0.15, -0.1) is 0 Å². The lowest BCUT2D eigenvalue weighted by Crippen LogP contribution is -2.89. The van der Waals surface area contributed by atoms with Gasteiger partial charge in [-0.1, -0.05) is 53.7 Å². The number of esters is 1. The standard InChI is InChI=1S/C56H100FN5O12S/c1-19-46-54(10,11)50(63)38(8)62(16)32-34(4)28-55(12,66)52(36(6)48(37(7)53(65)73-46)45-29-56(13,70-18)51(64)39(9)72-45)74-47-27-42(26-35(5)71-47)61(15)25-24-41(60-58-14)31-59-44(30-57)49(69-17)40-20-22-43(23-21-40)75(67,68)33(2)3/h20-23,31,33-39,42,44-52,58-60,63-64,66H,19,24-30,32H2,1-18H3/p+1. The largest absolute Gasteiger partial charge is 0.461 e. The molecule has 3 saturated heterocycles. The van der Waals surface area contributed by atoms with Gasteiger partial charge in [0.15, 0.2) is 16.1 Å². The highest BCUT2D eigenvalue weighted by Gasteiger charge is 2.54. The first-order valence-electron chi connectivity index (χ1n) is 27.6. The van der Waals surface area contributed by atoms with Gasteiger partial charge >= 0.3 is 5.97 Å². The van der Waals surface area contributed by atoms with Gasteiger partial charge in [-0.3, -0.25) is 4.79 Å². The van der Waals surface area contributed by atoms with E-state index in [1.54, 1.807) is 65.3 Å². The van der Waals surface area contributed by atoms with Crippen molar-refractivity contribution in [2.45, 2.75) is 223 Å². The van der Waals surface area contributed by atoms with Crippen molar-refractivity contribution in [1.82, 2.24) is 20.5 Å². The Labute approximate surface area is 450 Å². The zero-order valence-corrected chi connectivity index (χ0v) is 49.7. The van der Waals surface area contributed by atoms with Gasteiger partial charge in [0.05, 0.1) is 76.6 Å². The molecule has 0 aromatic heterocycles. The minimum atomic E-state index is -3.47. The van der Waals surface area contributed by atoms with Gasteiger partial charge in [-0.2, -0.15) is 0 Å². The number of nitrogens with one attached hydrogen (secondary N) is 2. The molecule has 0 saturated carbocycles. The van der Waals surface area contributed by atoms with Crippen molar-refractivity contribution < 1.29 is 66.8 Å². The topological polar surface area (TPSA) is 214 Å². The highest BCUT2D eigenvalue weighted by atomic mass is 32.2. The molecule has 1 aromatic carbocycles. The number of likely N-dealkylation sites (N-methyl/N-ethyl adjacent to an activating group) is 1. The maximum absolute atomic E-state index is 14.8. The quantitative estimate of drug-likeness (QED) is 0.0591. The van der Waals surface area contributed by atoms with Gasteiger partial charge in [0.1, 0.15) is 25.0 Å². The number of methoxy groups -OCH3 is 2. The summed E-state index contributed by atoms with van der Waals surface area (Å²) in [7, 11) is 5.51. The second-order valence-electron chi connectivity index (χ2n) is 23.9. The van der Waals surface area contributed by atoms with Gasteiger partial charge in [-0.25, -0.2) is 23.7 Å². The van der Waals surface area contributed by atoms with Crippen LogP contribution in [0.2, 0.25) is 0 Å². The molecular formula is C56H101FN5O12S+. The fourth-order valence-corrected chi connectivity index (χ4v) is 13.4. The van der Waals surface area contributed by atoms with E-state index in [0.717, 1.165) is 5.70 Å². The van der Waals surface area contributed by atoms with E-state index in [2.05, 4.69) is 34.5 Å². The summed E-state index contributed by atoms with van der Waals surface area (Å²) in [5, 5.41) is 39.0. The van der Waals surface area contributed by atoms with Crippen LogP contribution < -0.4 is 16.2 Å². The molecule has 0 aliphatic carbocycles. The number of nitrogens with two attached hydrogens (primary N) is 1. The normalized spacial score (nSPS) is 37.1. The number of nitrogens with zero attached hydrogens (tertiary/aromatic N) is 2. The summed E-state index contributed by atoms with van der Waals surface area (Å²) >= 11 is 0. The molecule has 18 unspecified atom stereocenters. The van der Waals surface area contributed by atoms with E-state index in [1.807, 2.05) is 74.9 Å². The average Bonchev–Trinajstić information content (AvgIpc) is 3.35. The third-order valence-electron chi connectivity index (χ3n) is 17.2. The number of benzene rings is 1. The molecule has 4 rings (SSSR count). The van der Waals surface area contributed by atoms with Crippen LogP contribution in [0.1, 0.15) is 140 Å². The monoisotopic (exact) mass is 1090 g/mol. The van der Waals surface area contributed by atoms with Crippen molar-refractivity contribution in [2.24, 2.45) is 29.1 Å². The fraction of sp³-hybridized carbons (Fsp3) is 0.839. The van der Waals surface area contributed by atoms with Gasteiger partial charge in [0.25, 0.3) is 0 Å². The Morgan fingerprint density at radius 1 is 1.01 bits per heavy atom. The number of aliphatic hydroxyl groups is 3. The molecule has 0 radical (unpaired) electrons. The molecule has 0 amide bonds. The second kappa shape index (κ2) is 27.6. The summed E-state index contributed by atoms with van der Waals surface area (Å²) < 4.78 is 79.0. The van der Waals surface area contributed by atoms with E-state index >= 15 is 0 Å². The third kappa shape index (κ3) is 15.9. The summed E-state index contributed by atoms with van der Waals surface area (Å²) in [4.78, 5) is 19.3. The van der Waals surface area contributed by atoms with Crippen molar-refractivity contribution in [3.63, 3.8) is 0 Å². The molecular weight excluding hydrogens is 986 g/mol. The highest BCUT2D eigenvalue weighted by molar-refractivity contribution is 7.92. The molecule has 19 heteroatoms. The van der Waals surface area contributed by atoms with Crippen LogP contribution in [-0.2, 0) is 43.1 Å². The minimum Gasteiger partial charge on any atom is -0.461 e. The smallest absolute Gasteiger partial charge is 0.309 e. The van der Waals surface area contributed by atoms with Crippen LogP contribution in [0.3, 0.4) is 0 Å². The van der Waals surface area contributed by atoms with Crippen molar-refractivity contribution >= 4 is 15.8 Å². The zero-order chi connectivity index (χ0) is 56.5. The van der Waals surface area contributed by atoms with Crippen LogP contribution in [0.15, 0.2) is 41.1 Å². The molecule has 3 aliphatic heterocycles. The number of carbonyl (C=O) groups is 1. The Bertz CT molecular complexity index is 2070. The zero-order valence-electron chi connectivity index (χ0n) is 48.8. The summed E-state index contributed by atoms with van der Waals surface area (Å²) in [6.07, 6.45) is -1.57. The number of hydrogen-bond acceptors (Lipinski definition) is 16. The molecule has 3 fully saturated rings. The predicted octanol–water partition coefficient (Wildman–Crippen LogP) is 5.28. The lowest BCUT2D eigenvalue weighted by atomic mass is 9.68. The van der Waals surface area contributed by atoms with Crippen LogP contribution in [0.5, 0.6) is 0 Å². The highest BCUT2D eigenvalue weighted by Crippen LogP contribution is 2.45. The third-order valence-corrected chi connectivity index (χ3v) is 19.4. The number of quaternary nitrogens is 1. The number of ether oxygens (including phenoxy) is 6. The van der Waals surface area contributed by atoms with E-state index < -0.39 is 117 Å². The molecule has 1 aromatic rings. The van der Waals surface area contributed by atoms with Crippen molar-refractivity contribution in [1.29, 1.82) is 0 Å². The maximum atomic E-state index is 14.8. The molecule has 0 spiro atoms. The van der Waals surface area contributed by atoms with E-state index in [1.165, 1.54) is 7.11 Å². The number of cyclic esters (lactones) is 1. The van der Waals surface area contributed by atoms with Crippen molar-refractivity contribution in [3.05, 3.63) is 41.7 Å². The maximum Gasteiger partial charge on any atom is 0.309 e. The van der Waals surface area contributed by atoms with Crippen LogP contribution in [0, 0.1) is 29.1 Å². The number of carbonyl (C=O) groups excluding carboxylic acids is 1. The van der Waals surface area contributed by atoms with E-state index in [-0.39, 0.29) is 35.4 Å². The minimum absolute atomic E-state index is 0.00552. The number of halogens is 1. The van der Waals surface area contributed by atoms with Crippen LogP contribution in [0.4, 0.5) is 4.39 Å². The van der Waals surface area contributed by atoms with Gasteiger partial charge in [0, 0.05) is 76.2 Å². The second-order valence-corrected chi connectivity index (χ2v) is 26.4. The number of aliphatic hydroxyl groups excluding tert-OH is 2. The number of sulfone groups is 1. The van der Waals surface area contributed by atoms with E-state index in [0.29, 0.717) is 50.8 Å². The van der Waals surface area contributed by atoms with Crippen LogP contribution in [0.25, 0.3) is 0 Å². The summed E-state index contributed by atoms with van der Waals surface area (Å²) in [6, 6.07) is 5.36. The Balaban J connectivity index is 1.66. The predicted molar refractivity (Wildman–Crippen MR) is 289 cm³/mol. The lowest BCUT2D eigenvalue weighted by molar-refractivity contribution is -0.678. The van der Waals surface area contributed by atoms with Gasteiger partial charge < -0.3 is 58.9 Å². The molecule has 7 N–H and O–H groups in total. The number of rotatable bonds is 19. The Kier molecular flexibility index (Phi) is 23.9. The molecule has 3 aliphatic rings. The number of alkyl halides is 1. The first-order valence-corrected chi connectivity index (χ1v) is 29.1. The molecule has 17 nitrogen and oxygen atoms in total. The SMILES string of the molecule is CCC1OC(=O)C(C)C(C2CC(C)(OC)C(O)C(C)O2)C(C)C(OC2CC(N(C)CCC(=CNC(CF)C(OC)c3ccc(S(=O)(=O)C(C)C)cc3)N[NH2+]C)CC(C)O2)C(C)(O)CC(C)CN(C)C(C)C(O)C1(C)C. The number of hydrogen-bond donors (Lipinski definition) is 6. The van der Waals surface area contributed by atoms with E-state index in [9.17, 15) is 32.9 Å².